The molecule has 0 aliphatic carbocycles. The van der Waals surface area contributed by atoms with Gasteiger partial charge in [-0.1, -0.05) is 66.2 Å². The van der Waals surface area contributed by atoms with Gasteiger partial charge >= 0.3 is 5.97 Å². The number of hydrogen-bond donors (Lipinski definition) is 0. The molecule has 6 nitrogen and oxygen atoms in total. The van der Waals surface area contributed by atoms with Gasteiger partial charge in [0.05, 0.1) is 17.3 Å². The van der Waals surface area contributed by atoms with Gasteiger partial charge in [0.1, 0.15) is 11.5 Å². The molecule has 3 aromatic carbocycles. The number of ether oxygens (including phenoxy) is 1. The highest BCUT2D eigenvalue weighted by Crippen LogP contribution is 2.32. The molecule has 0 fully saturated rings. The number of benzene rings is 3. The number of halogens is 1. The summed E-state index contributed by atoms with van der Waals surface area (Å²) in [5.74, 6) is -0.265. The smallest absolute Gasteiger partial charge is 0.330 e. The third-order valence-corrected chi connectivity index (χ3v) is 6.43. The number of nitrogens with zero attached hydrogens (tertiary/aromatic N) is 2. The van der Waals surface area contributed by atoms with E-state index in [1.165, 1.54) is 12.1 Å². The molecule has 162 valence electrons. The maximum atomic E-state index is 12.5. The summed E-state index contributed by atoms with van der Waals surface area (Å²) < 4.78 is 34.4. The second-order valence-electron chi connectivity index (χ2n) is 6.90. The molecule has 0 saturated heterocycles. The molecule has 32 heavy (non-hydrogen) atoms. The number of fused-ring (bicyclic) bond motifs is 1. The van der Waals surface area contributed by atoms with Crippen LogP contribution in [-0.4, -0.2) is 33.4 Å². The Hall–Kier alpha value is -3.42. The van der Waals surface area contributed by atoms with Gasteiger partial charge in [-0.2, -0.15) is 8.42 Å². The van der Waals surface area contributed by atoms with Gasteiger partial charge in [-0.25, -0.2) is 4.79 Å². The molecule has 0 atom stereocenters. The summed E-state index contributed by atoms with van der Waals surface area (Å²) in [7, 11) is -3.82. The molecule has 0 spiro atoms. The summed E-state index contributed by atoms with van der Waals surface area (Å²) in [5, 5.41) is 0.423. The summed E-state index contributed by atoms with van der Waals surface area (Å²) in [6, 6.07) is 23.0. The number of sulfonamides is 1. The van der Waals surface area contributed by atoms with E-state index in [1.807, 2.05) is 30.3 Å². The zero-order valence-electron chi connectivity index (χ0n) is 16.9. The normalized spacial score (nSPS) is 14.1. The van der Waals surface area contributed by atoms with Crippen LogP contribution in [0.15, 0.2) is 94.2 Å². The Morgan fingerprint density at radius 2 is 1.66 bits per heavy atom. The minimum absolute atomic E-state index is 0.00439. The number of hydrogen-bond acceptors (Lipinski definition) is 5. The Bertz CT molecular complexity index is 1300. The lowest BCUT2D eigenvalue weighted by Gasteiger charge is -2.25. The Kier molecular flexibility index (Phi) is 6.39. The minimum atomic E-state index is -3.82. The van der Waals surface area contributed by atoms with Crippen molar-refractivity contribution in [1.29, 1.82) is 0 Å². The van der Waals surface area contributed by atoms with Gasteiger partial charge in [0, 0.05) is 11.6 Å². The molecule has 0 unspecified atom stereocenters. The van der Waals surface area contributed by atoms with Crippen LogP contribution in [0.5, 0.6) is 0 Å². The molecule has 0 aromatic heterocycles. The minimum Gasteiger partial charge on any atom is -0.461 e. The lowest BCUT2D eigenvalue weighted by molar-refractivity contribution is -0.137. The van der Waals surface area contributed by atoms with Crippen molar-refractivity contribution in [2.24, 2.45) is 4.40 Å². The van der Waals surface area contributed by atoms with Crippen LogP contribution in [0.1, 0.15) is 11.1 Å². The van der Waals surface area contributed by atoms with Gasteiger partial charge in [-0.3, -0.25) is 0 Å². The van der Waals surface area contributed by atoms with Crippen molar-refractivity contribution in [2.75, 3.05) is 18.1 Å². The average molecular weight is 467 g/mol. The van der Waals surface area contributed by atoms with Crippen LogP contribution in [0.4, 0.5) is 5.69 Å². The van der Waals surface area contributed by atoms with Crippen LogP contribution in [0.3, 0.4) is 0 Å². The van der Waals surface area contributed by atoms with E-state index in [0.717, 1.165) is 5.56 Å². The summed E-state index contributed by atoms with van der Waals surface area (Å²) in [4.78, 5) is 13.9. The van der Waals surface area contributed by atoms with Crippen LogP contribution < -0.4 is 4.90 Å². The van der Waals surface area contributed by atoms with Crippen molar-refractivity contribution in [3.8, 4) is 0 Å². The highest BCUT2D eigenvalue weighted by molar-refractivity contribution is 7.90. The largest absolute Gasteiger partial charge is 0.461 e. The zero-order chi connectivity index (χ0) is 22.6. The van der Waals surface area contributed by atoms with E-state index in [9.17, 15) is 13.2 Å². The third kappa shape index (κ3) is 4.74. The first-order valence-corrected chi connectivity index (χ1v) is 11.6. The highest BCUT2D eigenvalue weighted by Gasteiger charge is 2.32. The maximum Gasteiger partial charge on any atom is 0.330 e. The highest BCUT2D eigenvalue weighted by atomic mass is 35.5. The van der Waals surface area contributed by atoms with E-state index in [4.69, 9.17) is 16.3 Å². The maximum absolute atomic E-state index is 12.5. The summed E-state index contributed by atoms with van der Waals surface area (Å²) in [5.41, 5.74) is 1.92. The molecule has 0 amide bonds. The Balaban J connectivity index is 1.55. The van der Waals surface area contributed by atoms with Crippen LogP contribution in [0.25, 0.3) is 6.08 Å². The second-order valence-corrected chi connectivity index (χ2v) is 8.88. The summed E-state index contributed by atoms with van der Waals surface area (Å²) in [6.07, 6.45) is 3.01. The molecule has 0 saturated carbocycles. The monoisotopic (exact) mass is 466 g/mol. The number of amidine groups is 1. The SMILES string of the molecule is O=C(C=Cc1ccccc1)OCCN(C1=NS(=O)(=O)c2ccccc21)c1ccccc1Cl. The molecule has 1 heterocycles. The lowest BCUT2D eigenvalue weighted by Crippen LogP contribution is -2.34. The fourth-order valence-corrected chi connectivity index (χ4v) is 4.76. The van der Waals surface area contributed by atoms with Gasteiger partial charge in [0.15, 0.2) is 5.84 Å². The molecular formula is C24H19ClN2O4S. The fourth-order valence-electron chi connectivity index (χ4n) is 3.31. The van der Waals surface area contributed by atoms with E-state index < -0.39 is 16.0 Å². The molecule has 8 heteroatoms. The quantitative estimate of drug-likeness (QED) is 0.393. The van der Waals surface area contributed by atoms with Gasteiger partial charge in [0.25, 0.3) is 10.0 Å². The topological polar surface area (TPSA) is 76.0 Å². The van der Waals surface area contributed by atoms with Gasteiger partial charge in [-0.05, 0) is 35.9 Å². The van der Waals surface area contributed by atoms with E-state index in [1.54, 1.807) is 53.4 Å². The van der Waals surface area contributed by atoms with E-state index in [-0.39, 0.29) is 23.9 Å². The molecule has 0 bridgehead atoms. The average Bonchev–Trinajstić information content (AvgIpc) is 3.07. The molecule has 1 aliphatic heterocycles. The van der Waals surface area contributed by atoms with E-state index in [0.29, 0.717) is 16.3 Å². The van der Waals surface area contributed by atoms with Crippen LogP contribution in [0, 0.1) is 0 Å². The first-order chi connectivity index (χ1) is 15.5. The zero-order valence-corrected chi connectivity index (χ0v) is 18.5. The van der Waals surface area contributed by atoms with Crippen LogP contribution in [0.2, 0.25) is 5.02 Å². The van der Waals surface area contributed by atoms with Gasteiger partial charge in [-0.15, -0.1) is 4.40 Å². The van der Waals surface area contributed by atoms with Crippen LogP contribution in [-0.2, 0) is 19.6 Å². The number of anilines is 1. The van der Waals surface area contributed by atoms with Crippen LogP contribution >= 0.6 is 11.6 Å². The summed E-state index contributed by atoms with van der Waals surface area (Å²) >= 11 is 6.39. The van der Waals surface area contributed by atoms with Crippen molar-refractivity contribution in [2.45, 2.75) is 4.90 Å². The number of esters is 1. The van der Waals surface area contributed by atoms with Crippen molar-refractivity contribution in [3.05, 3.63) is 101 Å². The Morgan fingerprint density at radius 1 is 0.969 bits per heavy atom. The number of carbonyl (C=O) groups is 1. The standard InChI is InChI=1S/C24H19ClN2O4S/c25-20-11-5-6-12-21(20)27(24-19-10-4-7-13-22(19)32(29,30)26-24)16-17-31-23(28)15-14-18-8-2-1-3-9-18/h1-15H,16-17H2. The van der Waals surface area contributed by atoms with Crippen molar-refractivity contribution in [1.82, 2.24) is 0 Å². The molecule has 0 N–H and O–H groups in total. The van der Waals surface area contributed by atoms with Crippen molar-refractivity contribution < 1.29 is 17.9 Å². The van der Waals surface area contributed by atoms with Gasteiger partial charge in [0.2, 0.25) is 0 Å². The first kappa shape index (κ1) is 21.8. The van der Waals surface area contributed by atoms with Crippen molar-refractivity contribution in [3.63, 3.8) is 0 Å². The Morgan fingerprint density at radius 3 is 2.44 bits per heavy atom. The van der Waals surface area contributed by atoms with Crippen molar-refractivity contribution >= 4 is 45.2 Å². The second kappa shape index (κ2) is 9.38. The van der Waals surface area contributed by atoms with E-state index >= 15 is 0 Å². The third-order valence-electron chi connectivity index (χ3n) is 4.78. The van der Waals surface area contributed by atoms with Gasteiger partial charge < -0.3 is 9.64 Å². The molecular weight excluding hydrogens is 448 g/mol. The predicted octanol–water partition coefficient (Wildman–Crippen LogP) is 4.55. The fraction of sp³-hybridized carbons (Fsp3) is 0.0833. The predicted molar refractivity (Wildman–Crippen MR) is 125 cm³/mol. The molecule has 0 radical (unpaired) electrons. The molecule has 1 aliphatic rings. The lowest BCUT2D eigenvalue weighted by atomic mass is 10.1. The molecule has 4 rings (SSSR count). The number of rotatable bonds is 6. The molecule has 3 aromatic rings. The first-order valence-electron chi connectivity index (χ1n) is 9.82. The number of carbonyl (C=O) groups excluding carboxylic acids is 1. The Labute approximate surface area is 191 Å². The van der Waals surface area contributed by atoms with E-state index in [2.05, 4.69) is 4.40 Å². The number of para-hydroxylation sites is 1. The summed E-state index contributed by atoms with van der Waals surface area (Å²) in [6.45, 7) is 0.168.